The minimum absolute atomic E-state index is 0.0293. The quantitative estimate of drug-likeness (QED) is 0.597. The van der Waals surface area contributed by atoms with Crippen molar-refractivity contribution in [2.75, 3.05) is 19.8 Å². The number of nitrogens with one attached hydrogen (secondary N) is 2. The molecule has 0 bridgehead atoms. The fourth-order valence-electron chi connectivity index (χ4n) is 1.43. The third-order valence-electron chi connectivity index (χ3n) is 2.42. The molecule has 1 saturated heterocycles. The number of carbonyl (C=O) groups excluding carboxylic acids is 1. The van der Waals surface area contributed by atoms with Crippen LogP contribution in [0.2, 0.25) is 0 Å². The van der Waals surface area contributed by atoms with Crippen LogP contribution in [0, 0.1) is 0 Å². The van der Waals surface area contributed by atoms with Crippen LogP contribution >= 0.6 is 0 Å². The molecule has 6 nitrogen and oxygen atoms in total. The lowest BCUT2D eigenvalue weighted by atomic mass is 10.1. The Balaban J connectivity index is 2.37. The third-order valence-corrected chi connectivity index (χ3v) is 2.42. The second kappa shape index (κ2) is 5.27. The average molecular weight is 230 g/mol. The molecule has 6 heteroatoms. The van der Waals surface area contributed by atoms with Crippen molar-refractivity contribution in [3.63, 3.8) is 0 Å². The molecule has 1 fully saturated rings. The van der Waals surface area contributed by atoms with Crippen LogP contribution < -0.4 is 10.6 Å². The lowest BCUT2D eigenvalue weighted by molar-refractivity contribution is -0.146. The van der Waals surface area contributed by atoms with E-state index in [1.807, 2.05) is 0 Å². The maximum absolute atomic E-state index is 11.6. The second-order valence-electron chi connectivity index (χ2n) is 4.41. The number of rotatable bonds is 4. The first-order valence-electron chi connectivity index (χ1n) is 5.27. The Kier molecular flexibility index (Phi) is 4.26. The monoisotopic (exact) mass is 230 g/mol. The van der Waals surface area contributed by atoms with Crippen LogP contribution in [0.25, 0.3) is 0 Å². The number of hydrogen-bond donors (Lipinski definition) is 3. The summed E-state index contributed by atoms with van der Waals surface area (Å²) < 4.78 is 5.20. The standard InChI is InChI=1S/C10H18N2O4/c1-10(2,9(14)15)12-8(13)5-7-6-16-4-3-11-7/h7,11H,3-6H2,1-2H3,(H,12,13)(H,14,15). The summed E-state index contributed by atoms with van der Waals surface area (Å²) in [7, 11) is 0. The summed E-state index contributed by atoms with van der Waals surface area (Å²) in [6.45, 7) is 4.77. The predicted octanol–water partition coefficient (Wildman–Crippen LogP) is -0.656. The van der Waals surface area contributed by atoms with Crippen LogP contribution in [0.1, 0.15) is 20.3 Å². The van der Waals surface area contributed by atoms with Crippen LogP contribution in [-0.2, 0) is 14.3 Å². The average Bonchev–Trinajstić information content (AvgIpc) is 2.17. The van der Waals surface area contributed by atoms with Crippen molar-refractivity contribution in [3.8, 4) is 0 Å². The molecule has 1 unspecified atom stereocenters. The van der Waals surface area contributed by atoms with E-state index in [0.717, 1.165) is 6.54 Å². The first-order chi connectivity index (χ1) is 7.42. The highest BCUT2D eigenvalue weighted by Gasteiger charge is 2.29. The van der Waals surface area contributed by atoms with Gasteiger partial charge in [0.05, 0.1) is 13.2 Å². The van der Waals surface area contributed by atoms with Crippen molar-refractivity contribution in [2.45, 2.75) is 31.8 Å². The number of carboxylic acids is 1. The second-order valence-corrected chi connectivity index (χ2v) is 4.41. The zero-order valence-electron chi connectivity index (χ0n) is 9.58. The van der Waals surface area contributed by atoms with E-state index in [0.29, 0.717) is 13.2 Å². The van der Waals surface area contributed by atoms with Gasteiger partial charge in [-0.2, -0.15) is 0 Å². The Bertz CT molecular complexity index is 272. The molecule has 3 N–H and O–H groups in total. The lowest BCUT2D eigenvalue weighted by Gasteiger charge is -2.26. The summed E-state index contributed by atoms with van der Waals surface area (Å²) in [4.78, 5) is 22.4. The number of morpholine rings is 1. The van der Waals surface area contributed by atoms with Crippen LogP contribution in [0.4, 0.5) is 0 Å². The van der Waals surface area contributed by atoms with Crippen molar-refractivity contribution >= 4 is 11.9 Å². The molecular weight excluding hydrogens is 212 g/mol. The van der Waals surface area contributed by atoms with Gasteiger partial charge >= 0.3 is 5.97 Å². The Morgan fingerprint density at radius 2 is 2.25 bits per heavy atom. The van der Waals surface area contributed by atoms with E-state index in [2.05, 4.69) is 10.6 Å². The van der Waals surface area contributed by atoms with Gasteiger partial charge in [-0.05, 0) is 13.8 Å². The maximum Gasteiger partial charge on any atom is 0.328 e. The smallest absolute Gasteiger partial charge is 0.328 e. The number of hydrogen-bond acceptors (Lipinski definition) is 4. The fourth-order valence-corrected chi connectivity index (χ4v) is 1.43. The SMILES string of the molecule is CC(C)(NC(=O)CC1COCCN1)C(=O)O. The Morgan fingerprint density at radius 3 is 2.75 bits per heavy atom. The molecule has 0 aromatic heterocycles. The summed E-state index contributed by atoms with van der Waals surface area (Å²) in [6, 6.07) is -0.0293. The maximum atomic E-state index is 11.6. The first kappa shape index (κ1) is 12.9. The van der Waals surface area contributed by atoms with E-state index >= 15 is 0 Å². The van der Waals surface area contributed by atoms with Crippen molar-refractivity contribution < 1.29 is 19.4 Å². The third kappa shape index (κ3) is 3.79. The number of aliphatic carboxylic acids is 1. The van der Waals surface area contributed by atoms with Gasteiger partial charge in [0.1, 0.15) is 5.54 Å². The van der Waals surface area contributed by atoms with E-state index in [-0.39, 0.29) is 18.4 Å². The van der Waals surface area contributed by atoms with Crippen molar-refractivity contribution in [1.29, 1.82) is 0 Å². The molecule has 1 amide bonds. The van der Waals surface area contributed by atoms with E-state index in [1.54, 1.807) is 0 Å². The van der Waals surface area contributed by atoms with Gasteiger partial charge in [-0.3, -0.25) is 4.79 Å². The summed E-state index contributed by atoms with van der Waals surface area (Å²) in [5.41, 5.74) is -1.23. The Hall–Kier alpha value is -1.14. The summed E-state index contributed by atoms with van der Waals surface area (Å²) in [6.07, 6.45) is 0.233. The Labute approximate surface area is 94.3 Å². The molecule has 1 aliphatic rings. The van der Waals surface area contributed by atoms with E-state index in [1.165, 1.54) is 13.8 Å². The normalized spacial score (nSPS) is 21.5. The minimum atomic E-state index is -1.23. The highest BCUT2D eigenvalue weighted by atomic mass is 16.5. The van der Waals surface area contributed by atoms with Crippen LogP contribution in [0.3, 0.4) is 0 Å². The summed E-state index contributed by atoms with van der Waals surface area (Å²) in [5.74, 6) is -1.33. The van der Waals surface area contributed by atoms with Gasteiger partial charge in [-0.25, -0.2) is 4.79 Å². The molecule has 16 heavy (non-hydrogen) atoms. The van der Waals surface area contributed by atoms with E-state index in [4.69, 9.17) is 9.84 Å². The predicted molar refractivity (Wildman–Crippen MR) is 57.1 cm³/mol. The number of carbonyl (C=O) groups is 2. The van der Waals surface area contributed by atoms with Gasteiger partial charge in [-0.1, -0.05) is 0 Å². The number of carboxylic acid groups (broad SMARTS) is 1. The molecule has 1 atom stereocenters. The van der Waals surface area contributed by atoms with Gasteiger partial charge in [0, 0.05) is 19.0 Å². The number of ether oxygens (including phenoxy) is 1. The molecule has 1 heterocycles. The summed E-state index contributed by atoms with van der Waals surface area (Å²) >= 11 is 0. The van der Waals surface area contributed by atoms with Crippen LogP contribution in [0.15, 0.2) is 0 Å². The van der Waals surface area contributed by atoms with Gasteiger partial charge in [0.25, 0.3) is 0 Å². The minimum Gasteiger partial charge on any atom is -0.480 e. The van der Waals surface area contributed by atoms with Gasteiger partial charge in [-0.15, -0.1) is 0 Å². The number of amides is 1. The molecule has 0 spiro atoms. The molecular formula is C10H18N2O4. The van der Waals surface area contributed by atoms with Crippen LogP contribution in [-0.4, -0.2) is 48.3 Å². The fraction of sp³-hybridized carbons (Fsp3) is 0.800. The van der Waals surface area contributed by atoms with Crippen LogP contribution in [0.5, 0.6) is 0 Å². The van der Waals surface area contributed by atoms with Gasteiger partial charge in [0.2, 0.25) is 5.91 Å². The first-order valence-corrected chi connectivity index (χ1v) is 5.27. The van der Waals surface area contributed by atoms with Gasteiger partial charge in [0.15, 0.2) is 0 Å². The van der Waals surface area contributed by atoms with Crippen molar-refractivity contribution in [3.05, 3.63) is 0 Å². The topological polar surface area (TPSA) is 87.7 Å². The zero-order valence-corrected chi connectivity index (χ0v) is 9.58. The van der Waals surface area contributed by atoms with Crippen molar-refractivity contribution in [1.82, 2.24) is 10.6 Å². The molecule has 92 valence electrons. The molecule has 0 radical (unpaired) electrons. The highest BCUT2D eigenvalue weighted by Crippen LogP contribution is 2.04. The summed E-state index contributed by atoms with van der Waals surface area (Å²) in [5, 5.41) is 14.4. The molecule has 0 aromatic rings. The molecule has 0 saturated carbocycles. The highest BCUT2D eigenvalue weighted by molar-refractivity contribution is 5.86. The molecule has 0 aromatic carbocycles. The lowest BCUT2D eigenvalue weighted by Crippen LogP contribution is -2.52. The molecule has 1 aliphatic heterocycles. The van der Waals surface area contributed by atoms with Crippen molar-refractivity contribution in [2.24, 2.45) is 0 Å². The molecule has 1 rings (SSSR count). The molecule has 0 aliphatic carbocycles. The Morgan fingerprint density at radius 1 is 1.56 bits per heavy atom. The van der Waals surface area contributed by atoms with E-state index < -0.39 is 11.5 Å². The zero-order chi connectivity index (χ0) is 12.2. The van der Waals surface area contributed by atoms with E-state index in [9.17, 15) is 9.59 Å². The van der Waals surface area contributed by atoms with Gasteiger partial charge < -0.3 is 20.5 Å². The largest absolute Gasteiger partial charge is 0.480 e.